The van der Waals surface area contributed by atoms with E-state index in [-0.39, 0.29) is 30.0 Å². The van der Waals surface area contributed by atoms with Gasteiger partial charge in [0.2, 0.25) is 11.8 Å². The Kier molecular flexibility index (Phi) is 7.41. The maximum absolute atomic E-state index is 15.2. The lowest BCUT2D eigenvalue weighted by Crippen LogP contribution is -2.53. The number of imide groups is 2. The van der Waals surface area contributed by atoms with Crippen LogP contribution in [0.4, 0.5) is 17.1 Å². The predicted octanol–water partition coefficient (Wildman–Crippen LogP) is 6.11. The Morgan fingerprint density at radius 2 is 1.57 bits per heavy atom. The van der Waals surface area contributed by atoms with Crippen LogP contribution in [0.3, 0.4) is 0 Å². The molecule has 6 atom stereocenters. The molecule has 8 rings (SSSR count). The predicted molar refractivity (Wildman–Crippen MR) is 187 cm³/mol. The molecule has 4 amide bonds. The summed E-state index contributed by atoms with van der Waals surface area (Å²) in [5.41, 5.74) is 5.30. The number of nitrogens with one attached hydrogen (secondary N) is 1. The largest absolute Gasteiger partial charge is 0.507 e. The number of phenolic OH excluding ortho intramolecular Hbond substituents is 1. The minimum atomic E-state index is -1.51. The summed E-state index contributed by atoms with van der Waals surface area (Å²) >= 11 is 0. The molecule has 2 heterocycles. The van der Waals surface area contributed by atoms with Crippen molar-refractivity contribution >= 4 is 40.7 Å². The van der Waals surface area contributed by atoms with Crippen LogP contribution in [-0.2, 0) is 24.6 Å². The quantitative estimate of drug-likeness (QED) is 0.107. The first-order valence-corrected chi connectivity index (χ1v) is 16.9. The highest BCUT2D eigenvalue weighted by Crippen LogP contribution is 2.65. The van der Waals surface area contributed by atoms with Gasteiger partial charge in [-0.05, 0) is 61.9 Å². The van der Waals surface area contributed by atoms with Crippen molar-refractivity contribution in [2.75, 3.05) is 10.3 Å². The molecule has 0 bridgehead atoms. The van der Waals surface area contributed by atoms with Crippen molar-refractivity contribution in [1.82, 2.24) is 5.01 Å². The van der Waals surface area contributed by atoms with E-state index in [2.05, 4.69) is 5.43 Å². The molecule has 2 N–H and O–H groups in total. The van der Waals surface area contributed by atoms with Crippen LogP contribution in [0.25, 0.3) is 0 Å². The van der Waals surface area contributed by atoms with Crippen LogP contribution >= 0.6 is 0 Å². The maximum atomic E-state index is 15.2. The maximum Gasteiger partial charge on any atom is 0.271 e. The number of hydrazine groups is 1. The third kappa shape index (κ3) is 4.64. The average Bonchev–Trinajstić information content (AvgIpc) is 3.51. The van der Waals surface area contributed by atoms with E-state index in [4.69, 9.17) is 0 Å². The lowest BCUT2D eigenvalue weighted by Gasteiger charge is -2.50. The fourth-order valence-corrected chi connectivity index (χ4v) is 9.01. The second-order valence-corrected chi connectivity index (χ2v) is 13.9. The molecule has 0 radical (unpaired) electrons. The van der Waals surface area contributed by atoms with Crippen LogP contribution in [0.5, 0.6) is 5.75 Å². The van der Waals surface area contributed by atoms with Gasteiger partial charge in [-0.25, -0.2) is 4.90 Å². The first-order valence-electron chi connectivity index (χ1n) is 16.9. The summed E-state index contributed by atoms with van der Waals surface area (Å²) in [6.07, 6.45) is 2.18. The zero-order valence-electron chi connectivity index (χ0n) is 27.9. The van der Waals surface area contributed by atoms with Gasteiger partial charge in [0, 0.05) is 23.6 Å². The van der Waals surface area contributed by atoms with Crippen LogP contribution in [0.1, 0.15) is 41.0 Å². The third-order valence-corrected chi connectivity index (χ3v) is 11.3. The zero-order chi connectivity index (χ0) is 35.8. The number of carbonyl (C=O) groups is 4. The molecule has 2 aliphatic heterocycles. The van der Waals surface area contributed by atoms with Gasteiger partial charge >= 0.3 is 0 Å². The second kappa shape index (κ2) is 11.8. The summed E-state index contributed by atoms with van der Waals surface area (Å²) in [6.45, 7) is 3.70. The number of para-hydroxylation sites is 1. The number of rotatable bonds is 6. The number of nitro benzene ring substituents is 1. The molecule has 0 unspecified atom stereocenters. The molecular formula is C40H34N4O7. The molecule has 4 aromatic rings. The number of amides is 4. The van der Waals surface area contributed by atoms with Gasteiger partial charge in [0.05, 0.1) is 39.5 Å². The molecule has 4 aliphatic rings. The Balaban J connectivity index is 1.31. The van der Waals surface area contributed by atoms with Crippen molar-refractivity contribution in [1.29, 1.82) is 0 Å². The van der Waals surface area contributed by atoms with Gasteiger partial charge < -0.3 is 5.11 Å². The smallest absolute Gasteiger partial charge is 0.271 e. The fourth-order valence-electron chi connectivity index (χ4n) is 9.01. The Morgan fingerprint density at radius 3 is 2.29 bits per heavy atom. The lowest BCUT2D eigenvalue weighted by molar-refractivity contribution is -0.384. The number of hydrogen-bond acceptors (Lipinski definition) is 8. The number of anilines is 2. The molecule has 51 heavy (non-hydrogen) atoms. The van der Waals surface area contributed by atoms with E-state index >= 15 is 4.79 Å². The highest BCUT2D eigenvalue weighted by atomic mass is 16.6. The van der Waals surface area contributed by atoms with E-state index < -0.39 is 63.6 Å². The third-order valence-electron chi connectivity index (χ3n) is 11.3. The number of non-ortho nitro benzene ring substituents is 1. The summed E-state index contributed by atoms with van der Waals surface area (Å²) in [5.74, 6) is -6.11. The molecule has 2 saturated heterocycles. The number of hydrogen-bond donors (Lipinski definition) is 2. The molecule has 4 aromatic carbocycles. The first-order chi connectivity index (χ1) is 24.5. The number of benzene rings is 4. The first kappa shape index (κ1) is 32.1. The van der Waals surface area contributed by atoms with Crippen LogP contribution < -0.4 is 10.3 Å². The van der Waals surface area contributed by atoms with E-state index in [0.29, 0.717) is 28.0 Å². The molecule has 256 valence electrons. The van der Waals surface area contributed by atoms with E-state index in [1.807, 2.05) is 55.5 Å². The number of aromatic hydroxyl groups is 1. The highest BCUT2D eigenvalue weighted by molar-refractivity contribution is 6.22. The monoisotopic (exact) mass is 682 g/mol. The fraction of sp³-hybridized carbons (Fsp3) is 0.250. The molecule has 3 fully saturated rings. The summed E-state index contributed by atoms with van der Waals surface area (Å²) in [5, 5.41) is 24.4. The van der Waals surface area contributed by atoms with Crippen LogP contribution in [-0.4, -0.2) is 38.7 Å². The average molecular weight is 683 g/mol. The van der Waals surface area contributed by atoms with Gasteiger partial charge in [0.25, 0.3) is 17.5 Å². The van der Waals surface area contributed by atoms with Gasteiger partial charge in [-0.15, -0.1) is 0 Å². The van der Waals surface area contributed by atoms with Crippen LogP contribution in [0.2, 0.25) is 0 Å². The molecule has 11 nitrogen and oxygen atoms in total. The molecule has 1 saturated carbocycles. The normalized spacial score (nSPS) is 26.8. The van der Waals surface area contributed by atoms with Gasteiger partial charge in [-0.3, -0.25) is 34.7 Å². The van der Waals surface area contributed by atoms with Crippen LogP contribution in [0, 0.1) is 47.6 Å². The number of carbonyl (C=O) groups excluding carboxylic acids is 4. The molecular weight excluding hydrogens is 648 g/mol. The van der Waals surface area contributed by atoms with Gasteiger partial charge in [-0.1, -0.05) is 83.9 Å². The molecule has 0 spiro atoms. The van der Waals surface area contributed by atoms with Crippen molar-refractivity contribution in [2.24, 2.45) is 23.7 Å². The van der Waals surface area contributed by atoms with Crippen molar-refractivity contribution in [3.63, 3.8) is 0 Å². The van der Waals surface area contributed by atoms with Crippen LogP contribution in [0.15, 0.2) is 109 Å². The second-order valence-electron chi connectivity index (χ2n) is 13.9. The van der Waals surface area contributed by atoms with Gasteiger partial charge in [0.15, 0.2) is 0 Å². The number of nitrogens with zero attached hydrogens (tertiary/aromatic N) is 3. The Hall–Kier alpha value is -6.10. The van der Waals surface area contributed by atoms with E-state index in [9.17, 15) is 29.6 Å². The van der Waals surface area contributed by atoms with Gasteiger partial charge in [-0.2, -0.15) is 5.01 Å². The topological polar surface area (TPSA) is 150 Å². The zero-order valence-corrected chi connectivity index (χ0v) is 27.9. The summed E-state index contributed by atoms with van der Waals surface area (Å²) in [6, 6.07) is 27.2. The standard InChI is InChI=1S/C40H34N4O7/c1-22-14-16-25(17-15-22)41-43-37(47)32-21-31-28(18-19-29-33(31)38(48)42(36(29)46)26-11-7-12-27(20-26)44(50)51)34(30-13-6-8-23(2)35(30)45)40(32,39(43)49)24-9-4-3-5-10-24/h3-18,20,29,31-34,41,45H,19,21H2,1-2H3/t29-,31+,32-,33-,34+,40+/m0/s1. The Labute approximate surface area is 293 Å². The number of nitro groups is 1. The Bertz CT molecular complexity index is 2180. The number of phenols is 1. The van der Waals surface area contributed by atoms with Crippen molar-refractivity contribution in [3.05, 3.63) is 141 Å². The van der Waals surface area contributed by atoms with E-state index in [0.717, 1.165) is 15.5 Å². The van der Waals surface area contributed by atoms with Gasteiger partial charge in [0.1, 0.15) is 5.75 Å². The molecule has 2 aliphatic carbocycles. The molecule has 11 heteroatoms. The van der Waals surface area contributed by atoms with Crippen molar-refractivity contribution in [2.45, 2.75) is 38.0 Å². The number of fused-ring (bicyclic) bond motifs is 4. The number of aryl methyl sites for hydroxylation is 2. The summed E-state index contributed by atoms with van der Waals surface area (Å²) in [4.78, 5) is 70.5. The molecule has 0 aromatic heterocycles. The number of allylic oxidation sites excluding steroid dienone is 2. The lowest BCUT2D eigenvalue weighted by atomic mass is 9.49. The highest BCUT2D eigenvalue weighted by Gasteiger charge is 2.70. The van der Waals surface area contributed by atoms with Crippen molar-refractivity contribution < 1.29 is 29.2 Å². The summed E-state index contributed by atoms with van der Waals surface area (Å²) < 4.78 is 0. The minimum absolute atomic E-state index is 0.0162. The Morgan fingerprint density at radius 1 is 0.843 bits per heavy atom. The minimum Gasteiger partial charge on any atom is -0.507 e. The van der Waals surface area contributed by atoms with Crippen molar-refractivity contribution in [3.8, 4) is 5.75 Å². The summed E-state index contributed by atoms with van der Waals surface area (Å²) in [7, 11) is 0. The van der Waals surface area contributed by atoms with E-state index in [1.165, 1.54) is 24.3 Å². The SMILES string of the molecule is Cc1ccc(NN2C(=O)[C@@H]3C[C@@H]4C(=CC[C@@H]5C(=O)N(c6cccc([N+](=O)[O-])c6)C(=O)[C@@H]54)[C@H](c4cccc(C)c4O)[C@]3(c3ccccc3)C2=O)cc1. The van der Waals surface area contributed by atoms with E-state index in [1.54, 1.807) is 37.3 Å².